The fourth-order valence-electron chi connectivity index (χ4n) is 2.09. The molecule has 0 atom stereocenters. The number of furan rings is 1. The van der Waals surface area contributed by atoms with Gasteiger partial charge in [0.05, 0.1) is 12.0 Å². The van der Waals surface area contributed by atoms with Crippen LogP contribution in [0.2, 0.25) is 0 Å². The molecule has 0 saturated heterocycles. The third-order valence-corrected chi connectivity index (χ3v) is 4.03. The Morgan fingerprint density at radius 1 is 1.19 bits per heavy atom. The summed E-state index contributed by atoms with van der Waals surface area (Å²) in [5, 5.41) is 13.4. The zero-order valence-corrected chi connectivity index (χ0v) is 14.7. The van der Waals surface area contributed by atoms with E-state index >= 15 is 0 Å². The van der Waals surface area contributed by atoms with Gasteiger partial charge in [0.25, 0.3) is 17.0 Å². The summed E-state index contributed by atoms with van der Waals surface area (Å²) in [5.74, 6) is 0.379. The minimum Gasteiger partial charge on any atom is -0.459 e. The fourth-order valence-corrected chi connectivity index (χ4v) is 2.66. The van der Waals surface area contributed by atoms with Gasteiger partial charge in [0.1, 0.15) is 0 Å². The Morgan fingerprint density at radius 3 is 2.85 bits per heavy atom. The minimum atomic E-state index is -0.249. The van der Waals surface area contributed by atoms with Crippen LogP contribution in [0.5, 0.6) is 0 Å². The standard InChI is InChI=1S/C17H16N4O4S/c1-2-18-15(23)11-5-3-6-12(9-11)19-14(22)10-26-17-21-20-16(25-17)13-7-4-8-24-13/h3-9H,2,10H2,1H3,(H,18,23)(H,19,22). The summed E-state index contributed by atoms with van der Waals surface area (Å²) >= 11 is 1.11. The van der Waals surface area contributed by atoms with E-state index in [4.69, 9.17) is 8.83 Å². The van der Waals surface area contributed by atoms with Gasteiger partial charge >= 0.3 is 0 Å². The lowest BCUT2D eigenvalue weighted by atomic mass is 10.2. The number of nitrogens with one attached hydrogen (secondary N) is 2. The van der Waals surface area contributed by atoms with E-state index in [-0.39, 0.29) is 28.7 Å². The summed E-state index contributed by atoms with van der Waals surface area (Å²) in [6.07, 6.45) is 1.51. The second kappa shape index (κ2) is 8.34. The van der Waals surface area contributed by atoms with Gasteiger partial charge in [-0.3, -0.25) is 9.59 Å². The molecule has 0 radical (unpaired) electrons. The van der Waals surface area contributed by atoms with Gasteiger partial charge < -0.3 is 19.5 Å². The van der Waals surface area contributed by atoms with Crippen LogP contribution in [0.25, 0.3) is 11.7 Å². The van der Waals surface area contributed by atoms with Crippen molar-refractivity contribution in [2.75, 3.05) is 17.6 Å². The molecule has 1 aromatic carbocycles. The highest BCUT2D eigenvalue weighted by molar-refractivity contribution is 7.99. The number of aromatic nitrogens is 2. The Bertz CT molecular complexity index is 892. The maximum absolute atomic E-state index is 12.1. The molecule has 134 valence electrons. The Hall–Kier alpha value is -3.07. The van der Waals surface area contributed by atoms with Crippen LogP contribution in [0.4, 0.5) is 5.69 Å². The van der Waals surface area contributed by atoms with Crippen LogP contribution in [-0.2, 0) is 4.79 Å². The largest absolute Gasteiger partial charge is 0.459 e. The highest BCUT2D eigenvalue weighted by atomic mass is 32.2. The molecule has 2 N–H and O–H groups in total. The van der Waals surface area contributed by atoms with Gasteiger partial charge in [-0.2, -0.15) is 0 Å². The van der Waals surface area contributed by atoms with Crippen LogP contribution in [0.15, 0.2) is 56.7 Å². The molecule has 0 unspecified atom stereocenters. The molecule has 0 aliphatic carbocycles. The third kappa shape index (κ3) is 4.51. The number of nitrogens with zero attached hydrogens (tertiary/aromatic N) is 2. The van der Waals surface area contributed by atoms with Crippen molar-refractivity contribution in [2.24, 2.45) is 0 Å². The molecule has 0 bridgehead atoms. The van der Waals surface area contributed by atoms with E-state index in [1.807, 2.05) is 6.92 Å². The van der Waals surface area contributed by atoms with E-state index in [9.17, 15) is 9.59 Å². The number of carbonyl (C=O) groups is 2. The molecule has 0 spiro atoms. The van der Waals surface area contributed by atoms with E-state index in [1.54, 1.807) is 36.4 Å². The van der Waals surface area contributed by atoms with Crippen LogP contribution >= 0.6 is 11.8 Å². The van der Waals surface area contributed by atoms with Crippen molar-refractivity contribution >= 4 is 29.3 Å². The van der Waals surface area contributed by atoms with Crippen LogP contribution in [0, 0.1) is 0 Å². The number of thioether (sulfide) groups is 1. The second-order valence-electron chi connectivity index (χ2n) is 5.13. The van der Waals surface area contributed by atoms with E-state index in [0.717, 1.165) is 11.8 Å². The molecule has 0 aliphatic heterocycles. The predicted octanol–water partition coefficient (Wildman–Crippen LogP) is 2.81. The topological polar surface area (TPSA) is 110 Å². The molecule has 0 aliphatic rings. The number of hydrogen-bond donors (Lipinski definition) is 2. The first-order valence-corrected chi connectivity index (χ1v) is 8.82. The Morgan fingerprint density at radius 2 is 2.08 bits per heavy atom. The van der Waals surface area contributed by atoms with Crippen molar-refractivity contribution in [3.63, 3.8) is 0 Å². The molecule has 3 rings (SSSR count). The molecule has 2 heterocycles. The number of hydrogen-bond acceptors (Lipinski definition) is 7. The van der Waals surface area contributed by atoms with Crippen molar-refractivity contribution in [1.29, 1.82) is 0 Å². The molecule has 0 saturated carbocycles. The summed E-state index contributed by atoms with van der Waals surface area (Å²) in [4.78, 5) is 23.9. The van der Waals surface area contributed by atoms with E-state index in [1.165, 1.54) is 6.26 Å². The van der Waals surface area contributed by atoms with Crippen LogP contribution in [-0.4, -0.2) is 34.3 Å². The van der Waals surface area contributed by atoms with E-state index < -0.39 is 0 Å². The first-order valence-electron chi connectivity index (χ1n) is 7.84. The van der Waals surface area contributed by atoms with Crippen LogP contribution < -0.4 is 10.6 Å². The highest BCUT2D eigenvalue weighted by Gasteiger charge is 2.13. The quantitative estimate of drug-likeness (QED) is 0.614. The van der Waals surface area contributed by atoms with Gasteiger partial charge in [0.2, 0.25) is 5.91 Å². The molecule has 3 aromatic rings. The van der Waals surface area contributed by atoms with Crippen molar-refractivity contribution in [2.45, 2.75) is 12.1 Å². The number of rotatable bonds is 7. The van der Waals surface area contributed by atoms with Gasteiger partial charge in [-0.1, -0.05) is 17.8 Å². The predicted molar refractivity (Wildman–Crippen MR) is 95.8 cm³/mol. The normalized spacial score (nSPS) is 10.5. The number of benzene rings is 1. The lowest BCUT2D eigenvalue weighted by molar-refractivity contribution is -0.113. The lowest BCUT2D eigenvalue weighted by Crippen LogP contribution is -2.23. The van der Waals surface area contributed by atoms with Gasteiger partial charge in [-0.25, -0.2) is 0 Å². The molecule has 2 amide bonds. The van der Waals surface area contributed by atoms with E-state index in [0.29, 0.717) is 23.6 Å². The van der Waals surface area contributed by atoms with Gasteiger partial charge in [0.15, 0.2) is 5.76 Å². The van der Waals surface area contributed by atoms with Crippen LogP contribution in [0.3, 0.4) is 0 Å². The van der Waals surface area contributed by atoms with E-state index in [2.05, 4.69) is 20.8 Å². The zero-order chi connectivity index (χ0) is 18.4. The number of anilines is 1. The Labute approximate surface area is 153 Å². The summed E-state index contributed by atoms with van der Waals surface area (Å²) in [6, 6.07) is 10.2. The summed E-state index contributed by atoms with van der Waals surface area (Å²) in [6.45, 7) is 2.38. The molecule has 0 fully saturated rings. The van der Waals surface area contributed by atoms with Crippen molar-refractivity contribution in [3.8, 4) is 11.7 Å². The zero-order valence-electron chi connectivity index (χ0n) is 13.9. The summed E-state index contributed by atoms with van der Waals surface area (Å²) < 4.78 is 10.6. The smallest absolute Gasteiger partial charge is 0.284 e. The van der Waals surface area contributed by atoms with Crippen molar-refractivity contribution in [3.05, 3.63) is 48.2 Å². The maximum Gasteiger partial charge on any atom is 0.284 e. The van der Waals surface area contributed by atoms with Crippen molar-refractivity contribution in [1.82, 2.24) is 15.5 Å². The molecule has 9 heteroatoms. The minimum absolute atomic E-state index is 0.0885. The summed E-state index contributed by atoms with van der Waals surface area (Å²) in [7, 11) is 0. The lowest BCUT2D eigenvalue weighted by Gasteiger charge is -2.07. The first-order chi connectivity index (χ1) is 12.7. The average Bonchev–Trinajstić information content (AvgIpc) is 3.32. The molecule has 26 heavy (non-hydrogen) atoms. The van der Waals surface area contributed by atoms with Gasteiger partial charge in [0, 0.05) is 17.8 Å². The highest BCUT2D eigenvalue weighted by Crippen LogP contribution is 2.23. The summed E-state index contributed by atoms with van der Waals surface area (Å²) in [5.41, 5.74) is 1.03. The monoisotopic (exact) mass is 372 g/mol. The maximum atomic E-state index is 12.1. The van der Waals surface area contributed by atoms with Gasteiger partial charge in [-0.05, 0) is 37.3 Å². The fraction of sp³-hybridized carbons (Fsp3) is 0.176. The van der Waals surface area contributed by atoms with Crippen LogP contribution in [0.1, 0.15) is 17.3 Å². The van der Waals surface area contributed by atoms with Crippen molar-refractivity contribution < 1.29 is 18.4 Å². The molecular formula is C17H16N4O4S. The Balaban J connectivity index is 1.54. The molecular weight excluding hydrogens is 356 g/mol. The molecule has 2 aromatic heterocycles. The first kappa shape index (κ1) is 17.7. The number of carbonyl (C=O) groups excluding carboxylic acids is 2. The second-order valence-corrected chi connectivity index (χ2v) is 6.05. The number of amides is 2. The SMILES string of the molecule is CCNC(=O)c1cccc(NC(=O)CSc2nnc(-c3ccco3)o2)c1. The Kier molecular flexibility index (Phi) is 5.69. The third-order valence-electron chi connectivity index (χ3n) is 3.21. The molecule has 8 nitrogen and oxygen atoms in total. The average molecular weight is 372 g/mol. The van der Waals surface area contributed by atoms with Gasteiger partial charge in [-0.15, -0.1) is 10.2 Å².